The Morgan fingerprint density at radius 3 is 1.50 bits per heavy atom. The summed E-state index contributed by atoms with van der Waals surface area (Å²) in [5.41, 5.74) is 5.65. The van der Waals surface area contributed by atoms with Gasteiger partial charge in [0.25, 0.3) is 5.91 Å². The lowest BCUT2D eigenvalue weighted by molar-refractivity contribution is -0.0339. The smallest absolute Gasteiger partial charge is 0.341 e. The van der Waals surface area contributed by atoms with Crippen molar-refractivity contribution in [3.63, 3.8) is 0 Å². The van der Waals surface area contributed by atoms with E-state index in [2.05, 4.69) is 39.6 Å². The second kappa shape index (κ2) is 21.3. The molecule has 1 amide bonds. The summed E-state index contributed by atoms with van der Waals surface area (Å²) in [5.74, 6) is 1.70. The van der Waals surface area contributed by atoms with Crippen LogP contribution in [0.4, 0.5) is 0 Å². The minimum absolute atomic E-state index is 0. The summed E-state index contributed by atoms with van der Waals surface area (Å²) < 4.78 is 26.9. The number of nitrogens with one attached hydrogen (secondary N) is 1. The minimum Gasteiger partial charge on any atom is -0.477 e. The predicted octanol–water partition coefficient (Wildman–Crippen LogP) is 5.15. The number of fused-ring (bicyclic) bond motifs is 8. The molecule has 0 radical (unpaired) electrons. The molecule has 6 aromatic rings. The zero-order valence-corrected chi connectivity index (χ0v) is 39.8. The number of aryl methyl sites for hydroxylation is 2. The molecule has 16 heteroatoms. The summed E-state index contributed by atoms with van der Waals surface area (Å²) in [6.45, 7) is 12.1. The summed E-state index contributed by atoms with van der Waals surface area (Å²) in [7, 11) is 0. The van der Waals surface area contributed by atoms with Crippen LogP contribution in [0.1, 0.15) is 69.7 Å². The molecule has 4 bridgehead atoms. The molecule has 0 spiro atoms. The molecule has 70 heavy (non-hydrogen) atoms. The molecule has 0 saturated carbocycles. The highest BCUT2D eigenvalue weighted by atomic mass is 16.5. The van der Waals surface area contributed by atoms with E-state index in [0.717, 1.165) is 62.7 Å². The fourth-order valence-electron chi connectivity index (χ4n) is 11.1. The van der Waals surface area contributed by atoms with Crippen molar-refractivity contribution in [1.82, 2.24) is 29.3 Å². The van der Waals surface area contributed by atoms with E-state index in [0.29, 0.717) is 79.3 Å². The van der Waals surface area contributed by atoms with Gasteiger partial charge in [0.1, 0.15) is 23.3 Å². The molecule has 2 aromatic carbocycles. The number of piperidine rings is 2. The summed E-state index contributed by atoms with van der Waals surface area (Å²) in [6.07, 6.45) is 12.0. The Labute approximate surface area is 405 Å². The molecule has 8 heterocycles. The van der Waals surface area contributed by atoms with Crippen molar-refractivity contribution >= 4 is 33.7 Å². The average Bonchev–Trinajstić information content (AvgIpc) is 3.98. The quantitative estimate of drug-likeness (QED) is 0.203. The molecule has 2 aliphatic carbocycles. The van der Waals surface area contributed by atoms with Crippen molar-refractivity contribution < 1.29 is 39.1 Å². The lowest BCUT2D eigenvalue weighted by Gasteiger charge is -2.41. The number of rotatable bonds is 8. The van der Waals surface area contributed by atoms with Crippen molar-refractivity contribution in [2.45, 2.75) is 77.7 Å². The molecule has 12 rings (SSSR count). The van der Waals surface area contributed by atoms with E-state index in [1.807, 2.05) is 47.6 Å². The third-order valence-electron chi connectivity index (χ3n) is 14.5. The highest BCUT2D eigenvalue weighted by Crippen LogP contribution is 2.30. The maximum atomic E-state index is 13.5. The number of likely N-dealkylation sites (tertiary alicyclic amines) is 1. The van der Waals surface area contributed by atoms with Gasteiger partial charge in [0.15, 0.2) is 0 Å². The van der Waals surface area contributed by atoms with Crippen molar-refractivity contribution in [3.05, 3.63) is 139 Å². The molecule has 368 valence electrons. The van der Waals surface area contributed by atoms with Gasteiger partial charge in [0.2, 0.25) is 22.6 Å². The van der Waals surface area contributed by atoms with Gasteiger partial charge in [-0.05, 0) is 60.8 Å². The number of hydrogen-bond acceptors (Lipinski definition) is 11. The van der Waals surface area contributed by atoms with Crippen LogP contribution >= 0.6 is 0 Å². The van der Waals surface area contributed by atoms with E-state index in [4.69, 9.17) is 18.9 Å². The molecule has 4 unspecified atom stereocenters. The molecular weight excluding hydrogens is 893 g/mol. The number of nitrogens with zero attached hydrogens (tertiary/aromatic N) is 5. The van der Waals surface area contributed by atoms with E-state index in [1.165, 1.54) is 48.0 Å². The topological polar surface area (TPSA) is 208 Å². The zero-order valence-electron chi connectivity index (χ0n) is 39.8. The fraction of sp³-hybridized carbons (Fsp3) is 0.444. The maximum Gasteiger partial charge on any atom is 0.341 e. The van der Waals surface area contributed by atoms with Crippen molar-refractivity contribution in [3.8, 4) is 11.8 Å². The standard InChI is InChI=1S/C27H29N3O4.C20H18N2O4.C7H13NO.H2O/c1-2-29-14-23(27(32)30-12-17-7-18(13-30)16-33-15-17)26(31)22-10-25(28-11-24(22)29)34-21-8-19-5-3-4-6-20(19)9-21;1-2-22-11-16(20(24)25)19(23)15-9-18(21-10-17(15)22)26-14-7-12-5-3-4-6-13(12)8-14;1-6-2-8-3-7(1)5-9-4-6;/h3-6,10-11,14,17-18,21H,2,7-9,12-13,15-16H2,1H3;3-6,9-11,14H,2,7-8H2,1H3,(H,24,25);6-8H,1-5H2;1H2. The predicted molar refractivity (Wildman–Crippen MR) is 264 cm³/mol. The first-order chi connectivity index (χ1) is 33.6. The number of ether oxygens (including phenoxy) is 4. The molecule has 4 aromatic heterocycles. The van der Waals surface area contributed by atoms with Crippen LogP contribution in [0.5, 0.6) is 11.8 Å². The number of pyridine rings is 4. The summed E-state index contributed by atoms with van der Waals surface area (Å²) >= 11 is 0. The Hall–Kier alpha value is -6.46. The molecule has 4 atom stereocenters. The molecule has 4 aliphatic heterocycles. The third kappa shape index (κ3) is 10.4. The Morgan fingerprint density at radius 1 is 0.657 bits per heavy atom. The number of aromatic carboxylic acids is 1. The second-order valence-electron chi connectivity index (χ2n) is 19.4. The fourth-order valence-corrected chi connectivity index (χ4v) is 11.1. The van der Waals surface area contributed by atoms with E-state index >= 15 is 0 Å². The first-order valence-corrected chi connectivity index (χ1v) is 24.5. The van der Waals surface area contributed by atoms with Gasteiger partial charge in [-0.3, -0.25) is 14.4 Å². The van der Waals surface area contributed by atoms with Crippen LogP contribution in [0.15, 0.2) is 95.0 Å². The number of carboxylic acids is 1. The van der Waals surface area contributed by atoms with Gasteiger partial charge in [-0.1, -0.05) is 48.5 Å². The first kappa shape index (κ1) is 48.6. The monoisotopic (exact) mass is 954 g/mol. The number of amides is 1. The van der Waals surface area contributed by atoms with Gasteiger partial charge in [-0.15, -0.1) is 0 Å². The SMILES string of the molecule is C1NCC2COCC1C2.CCn1cc(C(=O)N2CC3COCC(C3)C2)c(=O)c2cc(OC3Cc4ccccc4C3)ncc21.CCn1cc(C(=O)O)c(=O)c2cc(OC3Cc4ccccc4C3)ncc21.O. The summed E-state index contributed by atoms with van der Waals surface area (Å²) in [4.78, 5) is 61.6. The zero-order chi connectivity index (χ0) is 47.6. The third-order valence-corrected chi connectivity index (χ3v) is 14.5. The van der Waals surface area contributed by atoms with Crippen LogP contribution < -0.4 is 25.6 Å². The van der Waals surface area contributed by atoms with Crippen LogP contribution in [-0.2, 0) is 48.2 Å². The van der Waals surface area contributed by atoms with Crippen LogP contribution in [0.2, 0.25) is 0 Å². The van der Waals surface area contributed by atoms with E-state index in [-0.39, 0.29) is 40.1 Å². The van der Waals surface area contributed by atoms with Crippen LogP contribution in [0, 0.1) is 23.7 Å². The van der Waals surface area contributed by atoms with E-state index in [9.17, 15) is 24.3 Å². The summed E-state index contributed by atoms with van der Waals surface area (Å²) in [5, 5.41) is 13.5. The summed E-state index contributed by atoms with van der Waals surface area (Å²) in [6, 6.07) is 19.8. The molecule has 4 saturated heterocycles. The maximum absolute atomic E-state index is 13.5. The Morgan fingerprint density at radius 2 is 1.07 bits per heavy atom. The van der Waals surface area contributed by atoms with Crippen LogP contribution in [0.3, 0.4) is 0 Å². The highest BCUT2D eigenvalue weighted by molar-refractivity contribution is 5.97. The molecule has 4 N–H and O–H groups in total. The number of benzene rings is 2. The molecule has 16 nitrogen and oxygen atoms in total. The van der Waals surface area contributed by atoms with Gasteiger partial charge in [0.05, 0.1) is 60.6 Å². The van der Waals surface area contributed by atoms with Gasteiger partial charge in [0, 0.05) is 101 Å². The second-order valence-corrected chi connectivity index (χ2v) is 19.4. The van der Waals surface area contributed by atoms with E-state index < -0.39 is 11.4 Å². The largest absolute Gasteiger partial charge is 0.477 e. The van der Waals surface area contributed by atoms with Gasteiger partial charge < -0.3 is 48.9 Å². The number of hydrogen-bond donors (Lipinski definition) is 2. The number of carboxylic acid groups (broad SMARTS) is 1. The normalized spacial score (nSPS) is 21.3. The van der Waals surface area contributed by atoms with Crippen molar-refractivity contribution in [1.29, 1.82) is 0 Å². The number of carbonyl (C=O) groups excluding carboxylic acids is 1. The van der Waals surface area contributed by atoms with Gasteiger partial charge >= 0.3 is 5.97 Å². The van der Waals surface area contributed by atoms with Crippen molar-refractivity contribution in [2.75, 3.05) is 52.6 Å². The molecular formula is C54H62N6O10. The first-order valence-electron chi connectivity index (χ1n) is 24.5. The average molecular weight is 955 g/mol. The Bertz CT molecular complexity index is 2930. The Kier molecular flexibility index (Phi) is 14.8. The van der Waals surface area contributed by atoms with Gasteiger partial charge in [-0.25, -0.2) is 14.8 Å². The molecule has 4 fully saturated rings. The molecule has 6 aliphatic rings. The van der Waals surface area contributed by atoms with Crippen molar-refractivity contribution in [2.24, 2.45) is 23.7 Å². The number of aromatic nitrogens is 4. The lowest BCUT2D eigenvalue weighted by atomic mass is 9.88. The highest BCUT2D eigenvalue weighted by Gasteiger charge is 2.35. The minimum atomic E-state index is -1.23. The number of carbonyl (C=O) groups is 2. The van der Waals surface area contributed by atoms with Gasteiger partial charge in [-0.2, -0.15) is 0 Å². The Balaban J connectivity index is 0.000000149. The van der Waals surface area contributed by atoms with E-state index in [1.54, 1.807) is 35.3 Å². The van der Waals surface area contributed by atoms with Crippen LogP contribution in [0.25, 0.3) is 21.8 Å². The lowest BCUT2D eigenvalue weighted by Crippen LogP contribution is -2.49. The van der Waals surface area contributed by atoms with Crippen LogP contribution in [-0.4, -0.2) is 111 Å².